The van der Waals surface area contributed by atoms with Crippen LogP contribution in [0.5, 0.6) is 0 Å². The van der Waals surface area contributed by atoms with Crippen LogP contribution in [0.2, 0.25) is 0 Å². The smallest absolute Gasteiger partial charge is 0.128 e. The second kappa shape index (κ2) is 4.40. The number of benzene rings is 1. The summed E-state index contributed by atoms with van der Waals surface area (Å²) in [6, 6.07) is 3.37. The van der Waals surface area contributed by atoms with Crippen LogP contribution in [0, 0.1) is 11.6 Å². The Labute approximate surface area is 91.5 Å². The zero-order valence-corrected chi connectivity index (χ0v) is 8.53. The predicted octanol–water partition coefficient (Wildman–Crippen LogP) is 1.67. The zero-order chi connectivity index (χ0) is 11.5. The molecule has 0 aliphatic heterocycles. The summed E-state index contributed by atoms with van der Waals surface area (Å²) in [7, 11) is 0. The van der Waals surface area contributed by atoms with Crippen molar-refractivity contribution in [1.82, 2.24) is 9.78 Å². The van der Waals surface area contributed by atoms with Crippen LogP contribution in [0.3, 0.4) is 0 Å². The van der Waals surface area contributed by atoms with Crippen molar-refractivity contribution < 1.29 is 8.78 Å². The summed E-state index contributed by atoms with van der Waals surface area (Å²) in [6.45, 7) is 0.579. The van der Waals surface area contributed by atoms with Crippen molar-refractivity contribution in [2.24, 2.45) is 5.73 Å². The van der Waals surface area contributed by atoms with Gasteiger partial charge in [-0.2, -0.15) is 5.10 Å². The molecule has 0 bridgehead atoms. The Morgan fingerprint density at radius 3 is 2.81 bits per heavy atom. The first-order chi connectivity index (χ1) is 7.69. The molecule has 0 aliphatic rings. The van der Waals surface area contributed by atoms with Crippen LogP contribution in [-0.4, -0.2) is 9.78 Å². The SMILES string of the molecule is NCc1cnn(Cc2cc(F)ccc2F)c1. The van der Waals surface area contributed by atoms with E-state index in [9.17, 15) is 8.78 Å². The molecule has 5 heteroatoms. The van der Waals surface area contributed by atoms with Gasteiger partial charge in [0.25, 0.3) is 0 Å². The van der Waals surface area contributed by atoms with Gasteiger partial charge in [0.15, 0.2) is 0 Å². The molecule has 2 aromatic rings. The molecular formula is C11H11F2N3. The van der Waals surface area contributed by atoms with Gasteiger partial charge >= 0.3 is 0 Å². The summed E-state index contributed by atoms with van der Waals surface area (Å²) >= 11 is 0. The fraction of sp³-hybridized carbons (Fsp3) is 0.182. The molecule has 1 aromatic carbocycles. The van der Waals surface area contributed by atoms with E-state index in [4.69, 9.17) is 5.73 Å². The minimum absolute atomic E-state index is 0.198. The van der Waals surface area contributed by atoms with Crippen molar-refractivity contribution in [3.05, 3.63) is 53.4 Å². The Kier molecular flexibility index (Phi) is 2.96. The molecule has 0 amide bonds. The number of halogens is 2. The normalized spacial score (nSPS) is 10.7. The lowest BCUT2D eigenvalue weighted by Crippen LogP contribution is -2.03. The van der Waals surface area contributed by atoms with Gasteiger partial charge in [0.1, 0.15) is 11.6 Å². The highest BCUT2D eigenvalue weighted by Gasteiger charge is 2.05. The minimum atomic E-state index is -0.456. The third kappa shape index (κ3) is 2.25. The van der Waals surface area contributed by atoms with Gasteiger partial charge in [0.05, 0.1) is 12.7 Å². The second-order valence-electron chi connectivity index (χ2n) is 3.49. The van der Waals surface area contributed by atoms with E-state index in [1.54, 1.807) is 12.4 Å². The van der Waals surface area contributed by atoms with E-state index in [1.807, 2.05) is 0 Å². The lowest BCUT2D eigenvalue weighted by atomic mass is 10.2. The molecule has 0 radical (unpaired) electrons. The first-order valence-corrected chi connectivity index (χ1v) is 4.84. The molecule has 0 saturated heterocycles. The Morgan fingerprint density at radius 1 is 1.31 bits per heavy atom. The standard InChI is InChI=1S/C11H11F2N3/c12-10-1-2-11(13)9(3-10)7-16-6-8(4-14)5-15-16/h1-3,5-6H,4,7,14H2. The monoisotopic (exact) mass is 223 g/mol. The molecule has 84 valence electrons. The molecule has 2 rings (SSSR count). The molecule has 0 saturated carbocycles. The summed E-state index contributed by atoms with van der Waals surface area (Å²) in [4.78, 5) is 0. The molecule has 0 fully saturated rings. The van der Waals surface area contributed by atoms with Crippen LogP contribution in [0.25, 0.3) is 0 Å². The predicted molar refractivity (Wildman–Crippen MR) is 55.6 cm³/mol. The Balaban J connectivity index is 2.22. The molecule has 1 aromatic heterocycles. The fourth-order valence-corrected chi connectivity index (χ4v) is 1.44. The molecule has 1 heterocycles. The molecule has 0 atom stereocenters. The van der Waals surface area contributed by atoms with Crippen molar-refractivity contribution in [2.75, 3.05) is 0 Å². The lowest BCUT2D eigenvalue weighted by Gasteiger charge is -2.03. The maximum Gasteiger partial charge on any atom is 0.128 e. The maximum absolute atomic E-state index is 13.3. The van der Waals surface area contributed by atoms with Gasteiger partial charge < -0.3 is 5.73 Å². The van der Waals surface area contributed by atoms with E-state index in [0.29, 0.717) is 6.54 Å². The summed E-state index contributed by atoms with van der Waals surface area (Å²) < 4.78 is 27.7. The largest absolute Gasteiger partial charge is 0.326 e. The van der Waals surface area contributed by atoms with Crippen molar-refractivity contribution in [1.29, 1.82) is 0 Å². The average molecular weight is 223 g/mol. The highest BCUT2D eigenvalue weighted by Crippen LogP contribution is 2.11. The van der Waals surface area contributed by atoms with Crippen LogP contribution >= 0.6 is 0 Å². The second-order valence-corrected chi connectivity index (χ2v) is 3.49. The van der Waals surface area contributed by atoms with Crippen molar-refractivity contribution in [2.45, 2.75) is 13.1 Å². The van der Waals surface area contributed by atoms with E-state index in [2.05, 4.69) is 5.10 Å². The Bertz CT molecular complexity index is 494. The molecule has 0 spiro atoms. The van der Waals surface area contributed by atoms with Gasteiger partial charge in [-0.3, -0.25) is 4.68 Å². The topological polar surface area (TPSA) is 43.8 Å². The molecule has 16 heavy (non-hydrogen) atoms. The lowest BCUT2D eigenvalue weighted by molar-refractivity contribution is 0.566. The number of aromatic nitrogens is 2. The molecule has 2 N–H and O–H groups in total. The summed E-state index contributed by atoms with van der Waals surface area (Å²) in [5.74, 6) is -0.895. The Hall–Kier alpha value is -1.75. The van der Waals surface area contributed by atoms with Crippen LogP contribution in [-0.2, 0) is 13.1 Å². The average Bonchev–Trinajstić information content (AvgIpc) is 2.71. The van der Waals surface area contributed by atoms with Gasteiger partial charge in [0, 0.05) is 23.9 Å². The Morgan fingerprint density at radius 2 is 2.12 bits per heavy atom. The zero-order valence-electron chi connectivity index (χ0n) is 8.53. The van der Waals surface area contributed by atoms with E-state index in [1.165, 1.54) is 10.7 Å². The number of rotatable bonds is 3. The molecule has 0 aliphatic carbocycles. The molecule has 3 nitrogen and oxygen atoms in total. The first-order valence-electron chi connectivity index (χ1n) is 4.84. The van der Waals surface area contributed by atoms with Crippen molar-refractivity contribution in [3.63, 3.8) is 0 Å². The van der Waals surface area contributed by atoms with Gasteiger partial charge in [0.2, 0.25) is 0 Å². The number of nitrogens with zero attached hydrogens (tertiary/aromatic N) is 2. The number of nitrogens with two attached hydrogens (primary N) is 1. The van der Waals surface area contributed by atoms with Gasteiger partial charge in [-0.25, -0.2) is 8.78 Å². The minimum Gasteiger partial charge on any atom is -0.326 e. The van der Waals surface area contributed by atoms with E-state index >= 15 is 0 Å². The summed E-state index contributed by atoms with van der Waals surface area (Å²) in [5, 5.41) is 4.00. The van der Waals surface area contributed by atoms with Crippen LogP contribution in [0.4, 0.5) is 8.78 Å². The quantitative estimate of drug-likeness (QED) is 0.860. The fourth-order valence-electron chi connectivity index (χ4n) is 1.44. The summed E-state index contributed by atoms with van der Waals surface area (Å²) in [6.07, 6.45) is 3.32. The van der Waals surface area contributed by atoms with Crippen molar-refractivity contribution >= 4 is 0 Å². The van der Waals surface area contributed by atoms with E-state index < -0.39 is 11.6 Å². The van der Waals surface area contributed by atoms with Gasteiger partial charge in [-0.15, -0.1) is 0 Å². The summed E-state index contributed by atoms with van der Waals surface area (Å²) in [5.41, 5.74) is 6.55. The third-order valence-electron chi connectivity index (χ3n) is 2.26. The highest BCUT2D eigenvalue weighted by atomic mass is 19.1. The van der Waals surface area contributed by atoms with Crippen LogP contribution < -0.4 is 5.73 Å². The van der Waals surface area contributed by atoms with Crippen LogP contribution in [0.15, 0.2) is 30.6 Å². The van der Waals surface area contributed by atoms with Gasteiger partial charge in [-0.1, -0.05) is 0 Å². The van der Waals surface area contributed by atoms with E-state index in [-0.39, 0.29) is 12.1 Å². The highest BCUT2D eigenvalue weighted by molar-refractivity contribution is 5.19. The third-order valence-corrected chi connectivity index (χ3v) is 2.26. The molecule has 0 unspecified atom stereocenters. The first kappa shape index (κ1) is 10.8. The van der Waals surface area contributed by atoms with Crippen LogP contribution in [0.1, 0.15) is 11.1 Å². The number of hydrogen-bond donors (Lipinski definition) is 1. The van der Waals surface area contributed by atoms with Gasteiger partial charge in [-0.05, 0) is 18.2 Å². The maximum atomic E-state index is 13.3. The van der Waals surface area contributed by atoms with E-state index in [0.717, 1.165) is 17.7 Å². The van der Waals surface area contributed by atoms with Crippen molar-refractivity contribution in [3.8, 4) is 0 Å². The molecular weight excluding hydrogens is 212 g/mol. The number of hydrogen-bond acceptors (Lipinski definition) is 2.